The SMILES string of the molecule is COc1ccccc1-n1c(SCC(=O)N2CCN(c3ncccn3)CC2)nnc1N1CCCCC1. The van der Waals surface area contributed by atoms with Crippen LogP contribution in [-0.4, -0.2) is 87.7 Å². The van der Waals surface area contributed by atoms with Gasteiger partial charge in [0.25, 0.3) is 0 Å². The lowest BCUT2D eigenvalue weighted by molar-refractivity contribution is -0.128. The van der Waals surface area contributed by atoms with Gasteiger partial charge < -0.3 is 19.4 Å². The van der Waals surface area contributed by atoms with Crippen molar-refractivity contribution in [2.45, 2.75) is 24.4 Å². The van der Waals surface area contributed by atoms with Crippen molar-refractivity contribution in [1.82, 2.24) is 29.6 Å². The summed E-state index contributed by atoms with van der Waals surface area (Å²) >= 11 is 1.42. The molecule has 0 spiro atoms. The lowest BCUT2D eigenvalue weighted by Gasteiger charge is -2.34. The second-order valence-corrected chi connectivity index (χ2v) is 9.49. The van der Waals surface area contributed by atoms with E-state index in [-0.39, 0.29) is 5.91 Å². The zero-order valence-electron chi connectivity index (χ0n) is 19.9. The molecule has 4 heterocycles. The number of ether oxygens (including phenoxy) is 1. The summed E-state index contributed by atoms with van der Waals surface area (Å²) < 4.78 is 7.67. The highest BCUT2D eigenvalue weighted by Gasteiger charge is 2.26. The van der Waals surface area contributed by atoms with Crippen LogP contribution >= 0.6 is 11.8 Å². The van der Waals surface area contributed by atoms with Gasteiger partial charge in [-0.2, -0.15) is 0 Å². The number of thioether (sulfide) groups is 1. The van der Waals surface area contributed by atoms with Crippen molar-refractivity contribution in [3.63, 3.8) is 0 Å². The fourth-order valence-corrected chi connectivity index (χ4v) is 5.35. The molecule has 0 radical (unpaired) electrons. The van der Waals surface area contributed by atoms with Gasteiger partial charge in [-0.15, -0.1) is 10.2 Å². The molecule has 0 bridgehead atoms. The van der Waals surface area contributed by atoms with Crippen molar-refractivity contribution in [3.8, 4) is 11.4 Å². The van der Waals surface area contributed by atoms with Crippen molar-refractivity contribution >= 4 is 29.6 Å². The Morgan fingerprint density at radius 2 is 1.66 bits per heavy atom. The second kappa shape index (κ2) is 10.9. The summed E-state index contributed by atoms with van der Waals surface area (Å²) in [5, 5.41) is 9.73. The first-order valence-electron chi connectivity index (χ1n) is 12.0. The first-order valence-corrected chi connectivity index (χ1v) is 13.0. The zero-order chi connectivity index (χ0) is 24.0. The van der Waals surface area contributed by atoms with E-state index < -0.39 is 0 Å². The molecule has 0 unspecified atom stereocenters. The van der Waals surface area contributed by atoms with E-state index in [2.05, 4.69) is 30.0 Å². The maximum atomic E-state index is 13.1. The Kier molecular flexibility index (Phi) is 7.31. The topological polar surface area (TPSA) is 92.5 Å². The van der Waals surface area contributed by atoms with E-state index in [4.69, 9.17) is 4.74 Å². The molecule has 35 heavy (non-hydrogen) atoms. The summed E-state index contributed by atoms with van der Waals surface area (Å²) in [6.45, 7) is 4.64. The fraction of sp³-hybridized carbons (Fsp3) is 0.458. The number of carbonyl (C=O) groups is 1. The Labute approximate surface area is 209 Å². The largest absolute Gasteiger partial charge is 0.495 e. The van der Waals surface area contributed by atoms with E-state index in [1.54, 1.807) is 25.6 Å². The Morgan fingerprint density at radius 1 is 0.914 bits per heavy atom. The molecule has 11 heteroatoms. The van der Waals surface area contributed by atoms with Gasteiger partial charge in [0.2, 0.25) is 17.8 Å². The average Bonchev–Trinajstić information content (AvgIpc) is 3.36. The van der Waals surface area contributed by atoms with E-state index >= 15 is 0 Å². The third-order valence-corrected chi connectivity index (χ3v) is 7.29. The number of methoxy groups -OCH3 is 1. The van der Waals surface area contributed by atoms with Crippen LogP contribution in [0.1, 0.15) is 19.3 Å². The van der Waals surface area contributed by atoms with E-state index in [0.29, 0.717) is 29.9 Å². The predicted molar refractivity (Wildman–Crippen MR) is 136 cm³/mol. The van der Waals surface area contributed by atoms with Gasteiger partial charge in [-0.25, -0.2) is 9.97 Å². The molecule has 5 rings (SSSR count). The molecule has 2 saturated heterocycles. The van der Waals surface area contributed by atoms with Crippen LogP contribution in [-0.2, 0) is 4.79 Å². The van der Waals surface area contributed by atoms with E-state index in [1.807, 2.05) is 33.7 Å². The van der Waals surface area contributed by atoms with Crippen LogP contribution in [0.4, 0.5) is 11.9 Å². The molecule has 0 aliphatic carbocycles. The van der Waals surface area contributed by atoms with Gasteiger partial charge in [0.15, 0.2) is 5.16 Å². The number of anilines is 2. The number of hydrogen-bond acceptors (Lipinski definition) is 9. The Morgan fingerprint density at radius 3 is 2.40 bits per heavy atom. The molecule has 3 aromatic rings. The summed E-state index contributed by atoms with van der Waals surface area (Å²) in [4.78, 5) is 28.0. The molecule has 2 fully saturated rings. The first kappa shape index (κ1) is 23.4. The maximum absolute atomic E-state index is 13.1. The quantitative estimate of drug-likeness (QED) is 0.459. The molecule has 0 N–H and O–H groups in total. The number of piperazine rings is 1. The van der Waals surface area contributed by atoms with Crippen LogP contribution in [0.3, 0.4) is 0 Å². The van der Waals surface area contributed by atoms with Gasteiger partial charge in [-0.05, 0) is 37.5 Å². The van der Waals surface area contributed by atoms with E-state index in [0.717, 1.165) is 56.4 Å². The van der Waals surface area contributed by atoms with Crippen molar-refractivity contribution in [3.05, 3.63) is 42.7 Å². The highest BCUT2D eigenvalue weighted by molar-refractivity contribution is 7.99. The standard InChI is InChI=1S/C24H30N8O2S/c1-34-20-9-4-3-8-19(20)32-23(31-12-5-2-6-13-31)27-28-24(32)35-18-21(33)29-14-16-30(17-15-29)22-25-10-7-11-26-22/h3-4,7-11H,2,5-6,12-18H2,1H3. The summed E-state index contributed by atoms with van der Waals surface area (Å²) in [6.07, 6.45) is 7.00. The molecule has 184 valence electrons. The number of nitrogens with zero attached hydrogens (tertiary/aromatic N) is 8. The molecule has 2 aliphatic rings. The van der Waals surface area contributed by atoms with Crippen LogP contribution in [0.2, 0.25) is 0 Å². The molecule has 1 amide bonds. The molecule has 1 aromatic carbocycles. The molecule has 0 atom stereocenters. The summed E-state index contributed by atoms with van der Waals surface area (Å²) in [5.41, 5.74) is 0.881. The Balaban J connectivity index is 1.29. The highest BCUT2D eigenvalue weighted by Crippen LogP contribution is 2.33. The van der Waals surface area contributed by atoms with Gasteiger partial charge in [0.1, 0.15) is 5.75 Å². The minimum atomic E-state index is 0.0951. The number of para-hydroxylation sites is 2. The van der Waals surface area contributed by atoms with Crippen molar-refractivity contribution in [2.75, 3.05) is 61.9 Å². The lowest BCUT2D eigenvalue weighted by atomic mass is 10.1. The van der Waals surface area contributed by atoms with Crippen LogP contribution < -0.4 is 14.5 Å². The smallest absolute Gasteiger partial charge is 0.233 e. The third-order valence-electron chi connectivity index (χ3n) is 6.37. The summed E-state index contributed by atoms with van der Waals surface area (Å²) in [6, 6.07) is 9.68. The van der Waals surface area contributed by atoms with Crippen molar-refractivity contribution in [2.24, 2.45) is 0 Å². The summed E-state index contributed by atoms with van der Waals surface area (Å²) in [7, 11) is 1.67. The number of amides is 1. The van der Waals surface area contributed by atoms with Crippen molar-refractivity contribution in [1.29, 1.82) is 0 Å². The van der Waals surface area contributed by atoms with Crippen LogP contribution in [0.5, 0.6) is 5.75 Å². The van der Waals surface area contributed by atoms with Crippen LogP contribution in [0.15, 0.2) is 47.9 Å². The Bertz CT molecular complexity index is 1130. The molecular formula is C24H30N8O2S. The van der Waals surface area contributed by atoms with E-state index in [9.17, 15) is 4.79 Å². The number of piperidine rings is 1. The zero-order valence-corrected chi connectivity index (χ0v) is 20.7. The third kappa shape index (κ3) is 5.19. The number of carbonyl (C=O) groups excluding carboxylic acids is 1. The first-order chi connectivity index (χ1) is 17.2. The van der Waals surface area contributed by atoms with Crippen LogP contribution in [0.25, 0.3) is 5.69 Å². The normalized spacial score (nSPS) is 16.4. The van der Waals surface area contributed by atoms with Gasteiger partial charge in [0.05, 0.1) is 18.6 Å². The van der Waals surface area contributed by atoms with Crippen LogP contribution in [0, 0.1) is 0 Å². The molecule has 0 saturated carbocycles. The van der Waals surface area contributed by atoms with Gasteiger partial charge in [0, 0.05) is 51.7 Å². The lowest BCUT2D eigenvalue weighted by Crippen LogP contribution is -2.49. The highest BCUT2D eigenvalue weighted by atomic mass is 32.2. The maximum Gasteiger partial charge on any atom is 0.233 e. The second-order valence-electron chi connectivity index (χ2n) is 8.54. The number of hydrogen-bond donors (Lipinski definition) is 0. The van der Waals surface area contributed by atoms with E-state index in [1.165, 1.54) is 18.2 Å². The number of aromatic nitrogens is 5. The number of rotatable bonds is 7. The van der Waals surface area contributed by atoms with Gasteiger partial charge >= 0.3 is 0 Å². The predicted octanol–water partition coefficient (Wildman–Crippen LogP) is 2.50. The van der Waals surface area contributed by atoms with Gasteiger partial charge in [-0.1, -0.05) is 23.9 Å². The molecular weight excluding hydrogens is 464 g/mol. The number of benzene rings is 1. The van der Waals surface area contributed by atoms with Gasteiger partial charge in [-0.3, -0.25) is 9.36 Å². The monoisotopic (exact) mass is 494 g/mol. The molecule has 2 aliphatic heterocycles. The Hall–Kier alpha value is -3.34. The minimum absolute atomic E-state index is 0.0951. The minimum Gasteiger partial charge on any atom is -0.495 e. The summed E-state index contributed by atoms with van der Waals surface area (Å²) in [5.74, 6) is 2.66. The molecule has 2 aromatic heterocycles. The van der Waals surface area contributed by atoms with Crippen molar-refractivity contribution < 1.29 is 9.53 Å². The fourth-order valence-electron chi connectivity index (χ4n) is 4.51. The molecule has 10 nitrogen and oxygen atoms in total. The average molecular weight is 495 g/mol.